The summed E-state index contributed by atoms with van der Waals surface area (Å²) in [7, 11) is 0. The predicted molar refractivity (Wildman–Crippen MR) is 565 cm³/mol. The van der Waals surface area contributed by atoms with Crippen LogP contribution in [0.3, 0.4) is 0 Å². The summed E-state index contributed by atoms with van der Waals surface area (Å²) in [4.78, 5) is 10.7. The second-order valence-corrected chi connectivity index (χ2v) is 35.1. The molecule has 0 spiro atoms. The van der Waals surface area contributed by atoms with E-state index in [1.165, 1.54) is 164 Å². The molecule has 0 radical (unpaired) electrons. The molecule has 10 nitrogen and oxygen atoms in total. The lowest BCUT2D eigenvalue weighted by molar-refractivity contribution is 1.01. The molecule has 0 atom stereocenters. The Labute approximate surface area is 775 Å². The van der Waals surface area contributed by atoms with Crippen LogP contribution in [-0.4, -0.2) is 46.5 Å². The summed E-state index contributed by atoms with van der Waals surface area (Å²) in [6.07, 6.45) is 0. The molecule has 0 saturated carbocycles. The molecule has 0 aliphatic carbocycles. The first-order chi connectivity index (χ1) is 67.0. The largest absolute Gasteiger partial charge is 0.309 e. The van der Waals surface area contributed by atoms with Crippen molar-refractivity contribution in [2.45, 2.75) is 6.92 Å². The number of aryl methyl sites for hydroxylation is 1. The molecule has 10 heteroatoms. The Balaban J connectivity index is 0.000000103. The molecular weight excluding hydrogens is 1640 g/mol. The first-order valence-electron chi connectivity index (χ1n) is 46.2. The van der Waals surface area contributed by atoms with Crippen LogP contribution in [0.4, 0.5) is 0 Å². The second kappa shape index (κ2) is 31.1. The predicted octanol–water partition coefficient (Wildman–Crippen LogP) is 32.3. The molecule has 29 rings (SSSR count). The summed E-state index contributed by atoms with van der Waals surface area (Å²) in [5, 5.41) is 19.8. The van der Waals surface area contributed by atoms with E-state index >= 15 is 0 Å². The van der Waals surface area contributed by atoms with Gasteiger partial charge in [0.2, 0.25) is 0 Å². The first kappa shape index (κ1) is 76.9. The lowest BCUT2D eigenvalue weighted by atomic mass is 10.0. The van der Waals surface area contributed by atoms with Gasteiger partial charge in [0.25, 0.3) is 0 Å². The maximum Gasteiger partial charge on any atom is 0.140 e. The van der Waals surface area contributed by atoms with Crippen LogP contribution in [0.1, 0.15) is 5.56 Å². The van der Waals surface area contributed by atoms with Gasteiger partial charge in [-0.2, -0.15) is 0 Å². The second-order valence-electron chi connectivity index (χ2n) is 35.1. The molecule has 0 bridgehead atoms. The molecule has 0 unspecified atom stereocenters. The maximum absolute atomic E-state index is 5.44. The minimum atomic E-state index is 0.887. The van der Waals surface area contributed by atoms with Crippen molar-refractivity contribution in [2.75, 3.05) is 0 Å². The topological polar surface area (TPSA) is 65.2 Å². The standard InChI is InChI=1S/C42H27N3.C42H29N3.C41H26N4/c1-3-13-28(14-4-1)43-37-20-10-9-19-33(37)36-27-30(23-26-40(36)43)45-39-22-12-8-18-32(39)35-25-24-34-31-17-7-11-21-38(31)44(41(34)42(35)45)29-15-5-2-6-16-29;1-28-18-20-29(21-19-28)30-22-24-32(25-23-30)44-38-15-7-5-12-33(38)35-26-27-36-34-13-6-8-16-39(34)45(42(36)41(35)44)40-17-9-14-37(43-40)31-10-3-2-4-11-31;1-2-13-27(14-3-1)43-34-19-8-6-17-30(34)32-25-26-33-31-18-7-11-22-37(31)45(41(33)40(32)43)39-24-12-23-38(42-39)44-35-20-9-4-15-28(35)29-16-5-10-21-36(29)44/h1-27H;2-27H,1H3;1-26H. The molecule has 0 amide bonds. The van der Waals surface area contributed by atoms with Crippen LogP contribution in [-0.2, 0) is 0 Å². The fraction of sp³-hybridized carbons (Fsp3) is 0.00800. The highest BCUT2D eigenvalue weighted by Crippen LogP contribution is 2.48. The third-order valence-electron chi connectivity index (χ3n) is 27.7. The number of fused-ring (bicyclic) bond motifs is 27. The highest BCUT2D eigenvalue weighted by Gasteiger charge is 2.28. The minimum Gasteiger partial charge on any atom is -0.309 e. The SMILES string of the molecule is Cc1ccc(-c2ccc(-n3c4ccccc4c4ccc5c6ccccc6n(-c6cccc(-c7ccccc7)n6)c5c43)cc2)cc1.c1ccc(-n2c3ccccc3c3cc(-n4c5ccccc5c5ccc6c7ccccc7n(-c7ccccc7)c6c54)ccc32)cc1.c1ccc(-n2c3ccccc3c3ccc4c5ccccc5n(-c5cccc(-n6c7ccccc7c7ccccc76)n5)c4c32)cc1. The number of benzene rings is 19. The Morgan fingerprint density at radius 1 is 0.141 bits per heavy atom. The summed E-state index contributed by atoms with van der Waals surface area (Å²) in [5.41, 5.74) is 30.4. The summed E-state index contributed by atoms with van der Waals surface area (Å²) < 4.78 is 19.2. The zero-order chi connectivity index (χ0) is 88.9. The average Bonchev–Trinajstić information content (AvgIpc) is 1.55. The lowest BCUT2D eigenvalue weighted by Gasteiger charge is -2.13. The number of pyridine rings is 2. The van der Waals surface area contributed by atoms with Crippen LogP contribution < -0.4 is 0 Å². The first-order valence-corrected chi connectivity index (χ1v) is 46.2. The molecule has 10 heterocycles. The van der Waals surface area contributed by atoms with E-state index in [0.29, 0.717) is 0 Å². The molecule has 0 N–H and O–H groups in total. The number of nitrogens with zero attached hydrogens (tertiary/aromatic N) is 10. The van der Waals surface area contributed by atoms with Gasteiger partial charge in [0.05, 0.1) is 94.0 Å². The third-order valence-corrected chi connectivity index (χ3v) is 27.7. The number of aromatic nitrogens is 10. The van der Waals surface area contributed by atoms with Crippen molar-refractivity contribution in [3.05, 3.63) is 485 Å². The monoisotopic (exact) mass is 1720 g/mol. The zero-order valence-electron chi connectivity index (χ0n) is 73.6. The van der Waals surface area contributed by atoms with Crippen LogP contribution in [0.2, 0.25) is 0 Å². The zero-order valence-corrected chi connectivity index (χ0v) is 73.6. The molecule has 0 aliphatic heterocycles. The van der Waals surface area contributed by atoms with Crippen molar-refractivity contribution in [2.24, 2.45) is 0 Å². The fourth-order valence-corrected chi connectivity index (χ4v) is 21.9. The van der Waals surface area contributed by atoms with Gasteiger partial charge >= 0.3 is 0 Å². The van der Waals surface area contributed by atoms with Gasteiger partial charge in [-0.1, -0.05) is 339 Å². The van der Waals surface area contributed by atoms with Crippen LogP contribution >= 0.6 is 0 Å². The van der Waals surface area contributed by atoms with Crippen molar-refractivity contribution < 1.29 is 0 Å². The van der Waals surface area contributed by atoms with E-state index in [1.807, 2.05) is 6.07 Å². The van der Waals surface area contributed by atoms with Gasteiger partial charge in [0.15, 0.2) is 0 Å². The fourth-order valence-electron chi connectivity index (χ4n) is 21.9. The molecule has 632 valence electrons. The van der Waals surface area contributed by atoms with E-state index in [1.54, 1.807) is 0 Å². The third kappa shape index (κ3) is 12.1. The number of hydrogen-bond donors (Lipinski definition) is 0. The summed E-state index contributed by atoms with van der Waals surface area (Å²) in [5.74, 6) is 2.69. The van der Waals surface area contributed by atoms with E-state index in [9.17, 15) is 0 Å². The lowest BCUT2D eigenvalue weighted by Crippen LogP contribution is -2.04. The highest BCUT2D eigenvalue weighted by molar-refractivity contribution is 6.27. The Bertz CT molecular complexity index is 9750. The van der Waals surface area contributed by atoms with Gasteiger partial charge in [-0.3, -0.25) is 13.7 Å². The Hall–Kier alpha value is -18.1. The van der Waals surface area contributed by atoms with Crippen LogP contribution in [0.15, 0.2) is 479 Å². The van der Waals surface area contributed by atoms with Crippen LogP contribution in [0.5, 0.6) is 0 Å². The number of rotatable bonds is 10. The average molecular weight is 1720 g/mol. The van der Waals surface area contributed by atoms with E-state index in [0.717, 1.165) is 84.6 Å². The Morgan fingerprint density at radius 3 is 0.763 bits per heavy atom. The van der Waals surface area contributed by atoms with Crippen molar-refractivity contribution >= 4 is 174 Å². The molecule has 29 aromatic rings. The molecule has 19 aromatic carbocycles. The minimum absolute atomic E-state index is 0.887. The smallest absolute Gasteiger partial charge is 0.140 e. The van der Waals surface area contributed by atoms with Crippen molar-refractivity contribution in [3.8, 4) is 68.3 Å². The van der Waals surface area contributed by atoms with Crippen molar-refractivity contribution in [1.29, 1.82) is 0 Å². The molecule has 10 aromatic heterocycles. The van der Waals surface area contributed by atoms with Crippen molar-refractivity contribution in [3.63, 3.8) is 0 Å². The van der Waals surface area contributed by atoms with Gasteiger partial charge in [0, 0.05) is 120 Å². The van der Waals surface area contributed by atoms with Gasteiger partial charge in [-0.25, -0.2) is 9.97 Å². The normalized spacial score (nSPS) is 11.9. The Morgan fingerprint density at radius 2 is 0.385 bits per heavy atom. The Kier molecular flexibility index (Phi) is 17.7. The summed E-state index contributed by atoms with van der Waals surface area (Å²) in [6, 6.07) is 172. The van der Waals surface area contributed by atoms with Crippen LogP contribution in [0.25, 0.3) is 243 Å². The van der Waals surface area contributed by atoms with Gasteiger partial charge < -0.3 is 22.8 Å². The van der Waals surface area contributed by atoms with Gasteiger partial charge in [-0.15, -0.1) is 0 Å². The summed E-state index contributed by atoms with van der Waals surface area (Å²) in [6.45, 7) is 2.13. The highest BCUT2D eigenvalue weighted by atomic mass is 15.2. The van der Waals surface area contributed by atoms with Crippen LogP contribution in [0, 0.1) is 6.92 Å². The molecule has 135 heavy (non-hydrogen) atoms. The van der Waals surface area contributed by atoms with Gasteiger partial charge in [0.1, 0.15) is 17.5 Å². The van der Waals surface area contributed by atoms with E-state index < -0.39 is 0 Å². The van der Waals surface area contributed by atoms with E-state index in [4.69, 9.17) is 9.97 Å². The summed E-state index contributed by atoms with van der Waals surface area (Å²) >= 11 is 0. The van der Waals surface area contributed by atoms with E-state index in [-0.39, 0.29) is 0 Å². The van der Waals surface area contributed by atoms with Gasteiger partial charge in [-0.05, 0) is 164 Å². The number of para-hydroxylation sites is 12. The molecule has 0 aliphatic rings. The quantitative estimate of drug-likeness (QED) is 0.137. The molecule has 0 saturated heterocycles. The maximum atomic E-state index is 5.44. The van der Waals surface area contributed by atoms with E-state index in [2.05, 4.69) is 517 Å². The van der Waals surface area contributed by atoms with Crippen molar-refractivity contribution in [1.82, 2.24) is 46.5 Å². The number of hydrogen-bond acceptors (Lipinski definition) is 2. The molecule has 0 fully saturated rings. The molecular formula is C125H82N10.